The third kappa shape index (κ3) is 9.03. The van der Waals surface area contributed by atoms with Gasteiger partial charge in [0.25, 0.3) is 0 Å². The maximum Gasteiger partial charge on any atom is 0.191 e. The molecule has 0 atom stereocenters. The summed E-state index contributed by atoms with van der Waals surface area (Å²) in [6, 6.07) is 10.1. The lowest BCUT2D eigenvalue weighted by molar-refractivity contribution is 0.180. The Morgan fingerprint density at radius 3 is 2.64 bits per heavy atom. The fourth-order valence-electron chi connectivity index (χ4n) is 2.71. The summed E-state index contributed by atoms with van der Waals surface area (Å²) in [5.41, 5.74) is 2.27. The smallest absolute Gasteiger partial charge is 0.191 e. The van der Waals surface area contributed by atoms with Gasteiger partial charge in [-0.1, -0.05) is 18.2 Å². The van der Waals surface area contributed by atoms with Gasteiger partial charge in [-0.2, -0.15) is 5.10 Å². The Balaban J connectivity index is 0.00000392. The second-order valence-corrected chi connectivity index (χ2v) is 6.45. The molecule has 28 heavy (non-hydrogen) atoms. The van der Waals surface area contributed by atoms with Crippen LogP contribution in [-0.2, 0) is 11.2 Å². The minimum absolute atomic E-state index is 0. The SMILES string of the molecule is CN=C(NCCc1cnn(-c2ccccc2)c1)NCCN(C)CCCOC.I. The minimum atomic E-state index is 0. The predicted octanol–water partition coefficient (Wildman–Crippen LogP) is 2.17. The molecule has 0 saturated heterocycles. The number of aromatic nitrogens is 2. The maximum atomic E-state index is 5.08. The summed E-state index contributed by atoms with van der Waals surface area (Å²) < 4.78 is 6.99. The van der Waals surface area contributed by atoms with Crippen molar-refractivity contribution in [3.8, 4) is 5.69 Å². The molecule has 0 saturated carbocycles. The van der Waals surface area contributed by atoms with Gasteiger partial charge in [-0.05, 0) is 37.6 Å². The van der Waals surface area contributed by atoms with Crippen LogP contribution in [0.1, 0.15) is 12.0 Å². The van der Waals surface area contributed by atoms with Crippen LogP contribution >= 0.6 is 24.0 Å². The lowest BCUT2D eigenvalue weighted by Crippen LogP contribution is -2.41. The molecular formula is C20H33IN6O. The highest BCUT2D eigenvalue weighted by atomic mass is 127. The van der Waals surface area contributed by atoms with Crippen LogP contribution in [0.5, 0.6) is 0 Å². The molecule has 0 radical (unpaired) electrons. The topological polar surface area (TPSA) is 66.7 Å². The largest absolute Gasteiger partial charge is 0.385 e. The van der Waals surface area contributed by atoms with E-state index in [9.17, 15) is 0 Å². The quantitative estimate of drug-likeness (QED) is 0.214. The number of methoxy groups -OCH3 is 1. The molecule has 1 aromatic carbocycles. The predicted molar refractivity (Wildman–Crippen MR) is 126 cm³/mol. The van der Waals surface area contributed by atoms with Crippen molar-refractivity contribution in [1.82, 2.24) is 25.3 Å². The Kier molecular flexibility index (Phi) is 12.5. The van der Waals surface area contributed by atoms with Crippen LogP contribution in [0.4, 0.5) is 0 Å². The van der Waals surface area contributed by atoms with Gasteiger partial charge in [0, 0.05) is 53.1 Å². The zero-order chi connectivity index (χ0) is 19.3. The lowest BCUT2D eigenvalue weighted by Gasteiger charge is -2.18. The molecule has 0 aliphatic heterocycles. The van der Waals surface area contributed by atoms with E-state index >= 15 is 0 Å². The first-order valence-corrected chi connectivity index (χ1v) is 9.44. The maximum absolute atomic E-state index is 5.08. The fraction of sp³-hybridized carbons (Fsp3) is 0.500. The molecule has 1 heterocycles. The molecule has 0 aliphatic rings. The number of nitrogens with zero attached hydrogens (tertiary/aromatic N) is 4. The van der Waals surface area contributed by atoms with Crippen LogP contribution in [0.3, 0.4) is 0 Å². The molecular weight excluding hydrogens is 467 g/mol. The number of hydrogen-bond donors (Lipinski definition) is 2. The zero-order valence-electron chi connectivity index (χ0n) is 17.1. The molecule has 7 nitrogen and oxygen atoms in total. The van der Waals surface area contributed by atoms with Crippen LogP contribution in [0.25, 0.3) is 5.69 Å². The first-order valence-electron chi connectivity index (χ1n) is 9.44. The highest BCUT2D eigenvalue weighted by Gasteiger charge is 2.03. The van der Waals surface area contributed by atoms with Crippen molar-refractivity contribution in [3.63, 3.8) is 0 Å². The number of para-hydroxylation sites is 1. The van der Waals surface area contributed by atoms with E-state index in [4.69, 9.17) is 4.74 Å². The molecule has 2 aromatic rings. The van der Waals surface area contributed by atoms with E-state index in [2.05, 4.69) is 38.9 Å². The van der Waals surface area contributed by atoms with Crippen molar-refractivity contribution < 1.29 is 4.74 Å². The highest BCUT2D eigenvalue weighted by Crippen LogP contribution is 2.07. The van der Waals surface area contributed by atoms with E-state index in [1.165, 1.54) is 5.56 Å². The third-order valence-electron chi connectivity index (χ3n) is 4.26. The molecule has 2 N–H and O–H groups in total. The summed E-state index contributed by atoms with van der Waals surface area (Å²) in [4.78, 5) is 6.57. The monoisotopic (exact) mass is 500 g/mol. The van der Waals surface area contributed by atoms with Gasteiger partial charge in [0.15, 0.2) is 5.96 Å². The second-order valence-electron chi connectivity index (χ2n) is 6.45. The summed E-state index contributed by atoms with van der Waals surface area (Å²) in [5, 5.41) is 11.1. The lowest BCUT2D eigenvalue weighted by atomic mass is 10.2. The summed E-state index contributed by atoms with van der Waals surface area (Å²) in [5.74, 6) is 0.829. The first kappa shape index (κ1) is 24.4. The molecule has 0 aliphatic carbocycles. The van der Waals surface area contributed by atoms with Crippen molar-refractivity contribution >= 4 is 29.9 Å². The van der Waals surface area contributed by atoms with Gasteiger partial charge in [-0.3, -0.25) is 4.99 Å². The van der Waals surface area contributed by atoms with Crippen molar-refractivity contribution in [2.24, 2.45) is 4.99 Å². The van der Waals surface area contributed by atoms with Crippen molar-refractivity contribution in [1.29, 1.82) is 0 Å². The van der Waals surface area contributed by atoms with E-state index in [1.54, 1.807) is 14.2 Å². The Labute approximate surface area is 185 Å². The van der Waals surface area contributed by atoms with Gasteiger partial charge in [-0.25, -0.2) is 4.68 Å². The Hall–Kier alpha value is -1.65. The molecule has 0 spiro atoms. The number of ether oxygens (including phenoxy) is 1. The molecule has 0 unspecified atom stereocenters. The Bertz CT molecular complexity index is 676. The van der Waals surface area contributed by atoms with E-state index in [-0.39, 0.29) is 24.0 Å². The van der Waals surface area contributed by atoms with Crippen LogP contribution < -0.4 is 10.6 Å². The number of likely N-dealkylation sites (N-methyl/N-ethyl adjacent to an activating group) is 1. The summed E-state index contributed by atoms with van der Waals surface area (Å²) in [6.07, 6.45) is 5.93. The zero-order valence-corrected chi connectivity index (χ0v) is 19.4. The van der Waals surface area contributed by atoms with Crippen molar-refractivity contribution in [3.05, 3.63) is 48.3 Å². The summed E-state index contributed by atoms with van der Waals surface area (Å²) in [7, 11) is 5.66. The molecule has 0 fully saturated rings. The van der Waals surface area contributed by atoms with E-state index < -0.39 is 0 Å². The van der Waals surface area contributed by atoms with Crippen LogP contribution in [0.15, 0.2) is 47.7 Å². The van der Waals surface area contributed by atoms with E-state index in [0.29, 0.717) is 0 Å². The first-order chi connectivity index (χ1) is 13.2. The number of hydrogen-bond acceptors (Lipinski definition) is 4. The Morgan fingerprint density at radius 1 is 1.18 bits per heavy atom. The number of aliphatic imine (C=N–C) groups is 1. The average Bonchev–Trinajstić information content (AvgIpc) is 3.16. The average molecular weight is 500 g/mol. The molecule has 156 valence electrons. The van der Waals surface area contributed by atoms with Gasteiger partial charge in [0.05, 0.1) is 11.9 Å². The molecule has 0 bridgehead atoms. The third-order valence-corrected chi connectivity index (χ3v) is 4.26. The number of halogens is 1. The fourth-order valence-corrected chi connectivity index (χ4v) is 2.71. The number of benzene rings is 1. The normalized spacial score (nSPS) is 11.4. The van der Waals surface area contributed by atoms with E-state index in [0.717, 1.165) is 57.3 Å². The van der Waals surface area contributed by atoms with Crippen LogP contribution in [-0.4, -0.2) is 74.6 Å². The number of rotatable bonds is 11. The molecule has 1 aromatic heterocycles. The van der Waals surface area contributed by atoms with Crippen molar-refractivity contribution in [2.45, 2.75) is 12.8 Å². The number of guanidine groups is 1. The van der Waals surface area contributed by atoms with Gasteiger partial charge in [0.2, 0.25) is 0 Å². The Morgan fingerprint density at radius 2 is 1.93 bits per heavy atom. The second kappa shape index (κ2) is 14.4. The highest BCUT2D eigenvalue weighted by molar-refractivity contribution is 14.0. The van der Waals surface area contributed by atoms with Gasteiger partial charge >= 0.3 is 0 Å². The molecule has 8 heteroatoms. The standard InChI is InChI=1S/C20H32N6O.HI/c1-21-20(23-12-14-25(2)13-7-15-27-3)22-11-10-18-16-24-26(17-18)19-8-5-4-6-9-19;/h4-6,8-9,16-17H,7,10-15H2,1-3H3,(H2,21,22,23);1H. The summed E-state index contributed by atoms with van der Waals surface area (Å²) in [6.45, 7) is 4.47. The molecule has 0 amide bonds. The van der Waals surface area contributed by atoms with Crippen LogP contribution in [0, 0.1) is 0 Å². The number of nitrogens with one attached hydrogen (secondary N) is 2. The van der Waals surface area contributed by atoms with Gasteiger partial charge < -0.3 is 20.3 Å². The van der Waals surface area contributed by atoms with Crippen molar-refractivity contribution in [2.75, 3.05) is 54.0 Å². The molecule has 2 rings (SSSR count). The van der Waals surface area contributed by atoms with Gasteiger partial charge in [0.1, 0.15) is 0 Å². The van der Waals surface area contributed by atoms with Gasteiger partial charge in [-0.15, -0.1) is 24.0 Å². The van der Waals surface area contributed by atoms with Crippen LogP contribution in [0.2, 0.25) is 0 Å². The van der Waals surface area contributed by atoms with E-state index in [1.807, 2.05) is 41.2 Å². The summed E-state index contributed by atoms with van der Waals surface area (Å²) >= 11 is 0. The minimum Gasteiger partial charge on any atom is -0.385 e.